The molecule has 1 aliphatic heterocycles. The zero-order chi connectivity index (χ0) is 14.5. The zero-order valence-corrected chi connectivity index (χ0v) is 11.5. The van der Waals surface area contributed by atoms with Gasteiger partial charge in [0.25, 0.3) is 0 Å². The van der Waals surface area contributed by atoms with Crippen LogP contribution in [-0.4, -0.2) is 30.4 Å². The van der Waals surface area contributed by atoms with E-state index in [2.05, 4.69) is 5.32 Å². The average molecular weight is 275 g/mol. The molecule has 0 aromatic heterocycles. The molecule has 106 valence electrons. The molecule has 1 heterocycles. The largest absolute Gasteiger partial charge is 0.338 e. The number of carbonyl (C=O) groups excluding carboxylic acids is 1. The number of benzene rings is 1. The molecule has 1 saturated heterocycles. The van der Waals surface area contributed by atoms with Crippen LogP contribution in [0.5, 0.6) is 0 Å². The van der Waals surface area contributed by atoms with Crippen molar-refractivity contribution in [1.29, 1.82) is 5.26 Å². The van der Waals surface area contributed by atoms with Gasteiger partial charge in [0.2, 0.25) is 5.91 Å². The Labute approximate surface area is 118 Å². The Morgan fingerprint density at radius 3 is 2.95 bits per heavy atom. The lowest BCUT2D eigenvalue weighted by atomic mass is 10.1. The normalized spacial score (nSPS) is 17.8. The second-order valence-electron chi connectivity index (χ2n) is 4.96. The number of hydrogen-bond donors (Lipinski definition) is 1. The van der Waals surface area contributed by atoms with Gasteiger partial charge in [0, 0.05) is 25.2 Å². The van der Waals surface area contributed by atoms with Crippen LogP contribution in [-0.2, 0) is 11.3 Å². The fourth-order valence-electron chi connectivity index (χ4n) is 2.42. The summed E-state index contributed by atoms with van der Waals surface area (Å²) in [7, 11) is 0. The molecule has 2 rings (SSSR count). The van der Waals surface area contributed by atoms with Crippen molar-refractivity contribution < 1.29 is 9.18 Å². The van der Waals surface area contributed by atoms with E-state index in [9.17, 15) is 9.18 Å². The lowest BCUT2D eigenvalue weighted by Crippen LogP contribution is -2.36. The standard InChI is InChI=1S/C15H18FN3O/c1-2-19(15(20)12-5-6-18-9-12)10-13-4-3-11(8-17)7-14(13)16/h3-4,7,12,18H,2,5-6,9-10H2,1H3. The topological polar surface area (TPSA) is 56.1 Å². The molecule has 0 saturated carbocycles. The molecule has 1 aromatic rings. The third-order valence-electron chi connectivity index (χ3n) is 3.65. The molecule has 4 nitrogen and oxygen atoms in total. The molecule has 20 heavy (non-hydrogen) atoms. The first-order valence-electron chi connectivity index (χ1n) is 6.83. The van der Waals surface area contributed by atoms with Crippen molar-refractivity contribution in [3.63, 3.8) is 0 Å². The lowest BCUT2D eigenvalue weighted by molar-refractivity contribution is -0.135. The summed E-state index contributed by atoms with van der Waals surface area (Å²) in [6, 6.07) is 6.27. The number of nitriles is 1. The van der Waals surface area contributed by atoms with Gasteiger partial charge in [-0.25, -0.2) is 4.39 Å². The van der Waals surface area contributed by atoms with Gasteiger partial charge in [-0.2, -0.15) is 5.26 Å². The molecule has 0 spiro atoms. The first kappa shape index (κ1) is 14.5. The van der Waals surface area contributed by atoms with Gasteiger partial charge < -0.3 is 10.2 Å². The van der Waals surface area contributed by atoms with Gasteiger partial charge in [-0.1, -0.05) is 6.07 Å². The molecule has 0 radical (unpaired) electrons. The highest BCUT2D eigenvalue weighted by molar-refractivity contribution is 5.79. The minimum absolute atomic E-state index is 0.00334. The first-order valence-corrected chi connectivity index (χ1v) is 6.83. The SMILES string of the molecule is CCN(Cc1ccc(C#N)cc1F)C(=O)C1CCNC1. The van der Waals surface area contributed by atoms with Gasteiger partial charge in [0.05, 0.1) is 17.6 Å². The Kier molecular flexibility index (Phi) is 4.70. The summed E-state index contributed by atoms with van der Waals surface area (Å²) in [6.07, 6.45) is 0.838. The molecule has 1 aliphatic rings. The van der Waals surface area contributed by atoms with Crippen molar-refractivity contribution in [2.75, 3.05) is 19.6 Å². The maximum Gasteiger partial charge on any atom is 0.227 e. The Hall–Kier alpha value is -1.93. The minimum atomic E-state index is -0.431. The molecule has 5 heteroatoms. The minimum Gasteiger partial charge on any atom is -0.338 e. The third kappa shape index (κ3) is 3.14. The fraction of sp³-hybridized carbons (Fsp3) is 0.467. The fourth-order valence-corrected chi connectivity index (χ4v) is 2.42. The van der Waals surface area contributed by atoms with E-state index in [0.717, 1.165) is 13.0 Å². The summed E-state index contributed by atoms with van der Waals surface area (Å²) in [5, 5.41) is 11.9. The van der Waals surface area contributed by atoms with Crippen LogP contribution in [0.1, 0.15) is 24.5 Å². The number of nitrogens with one attached hydrogen (secondary N) is 1. The number of amides is 1. The molecule has 1 fully saturated rings. The van der Waals surface area contributed by atoms with E-state index < -0.39 is 5.82 Å². The first-order chi connectivity index (χ1) is 9.65. The smallest absolute Gasteiger partial charge is 0.227 e. The van der Waals surface area contributed by atoms with E-state index in [1.54, 1.807) is 17.0 Å². The molecule has 1 atom stereocenters. The van der Waals surface area contributed by atoms with Crippen molar-refractivity contribution in [3.8, 4) is 6.07 Å². The van der Waals surface area contributed by atoms with E-state index >= 15 is 0 Å². The predicted octanol–water partition coefficient (Wildman–Crippen LogP) is 1.66. The van der Waals surface area contributed by atoms with Crippen LogP contribution in [0.3, 0.4) is 0 Å². The van der Waals surface area contributed by atoms with Crippen LogP contribution in [0.2, 0.25) is 0 Å². The van der Waals surface area contributed by atoms with E-state index in [0.29, 0.717) is 24.2 Å². The maximum atomic E-state index is 13.9. The predicted molar refractivity (Wildman–Crippen MR) is 73.2 cm³/mol. The van der Waals surface area contributed by atoms with E-state index in [1.807, 2.05) is 13.0 Å². The third-order valence-corrected chi connectivity index (χ3v) is 3.65. The molecular weight excluding hydrogens is 257 g/mol. The number of halogens is 1. The van der Waals surface area contributed by atoms with E-state index in [4.69, 9.17) is 5.26 Å². The van der Waals surface area contributed by atoms with E-state index in [-0.39, 0.29) is 18.4 Å². The van der Waals surface area contributed by atoms with Gasteiger partial charge in [0.1, 0.15) is 5.82 Å². The van der Waals surface area contributed by atoms with Crippen LogP contribution >= 0.6 is 0 Å². The second-order valence-corrected chi connectivity index (χ2v) is 4.96. The molecule has 1 unspecified atom stereocenters. The summed E-state index contributed by atoms with van der Waals surface area (Å²) < 4.78 is 13.9. The monoisotopic (exact) mass is 275 g/mol. The molecule has 1 amide bonds. The number of nitrogens with zero attached hydrogens (tertiary/aromatic N) is 2. The molecule has 0 bridgehead atoms. The van der Waals surface area contributed by atoms with Crippen LogP contribution in [0.4, 0.5) is 4.39 Å². The Morgan fingerprint density at radius 2 is 2.40 bits per heavy atom. The highest BCUT2D eigenvalue weighted by Gasteiger charge is 2.26. The van der Waals surface area contributed by atoms with Crippen LogP contribution in [0.25, 0.3) is 0 Å². The maximum absolute atomic E-state index is 13.9. The summed E-state index contributed by atoms with van der Waals surface area (Å²) in [5.41, 5.74) is 0.741. The summed E-state index contributed by atoms with van der Waals surface area (Å²) in [5.74, 6) is -0.363. The second kappa shape index (κ2) is 6.49. The van der Waals surface area contributed by atoms with Crippen molar-refractivity contribution >= 4 is 5.91 Å². The highest BCUT2D eigenvalue weighted by Crippen LogP contribution is 2.17. The van der Waals surface area contributed by atoms with E-state index in [1.165, 1.54) is 6.07 Å². The number of carbonyl (C=O) groups is 1. The molecular formula is C15H18FN3O. The molecule has 1 aromatic carbocycles. The summed E-state index contributed by atoms with van der Waals surface area (Å²) in [6.45, 7) is 4.25. The van der Waals surface area contributed by atoms with Gasteiger partial charge in [-0.15, -0.1) is 0 Å². The summed E-state index contributed by atoms with van der Waals surface area (Å²) >= 11 is 0. The highest BCUT2D eigenvalue weighted by atomic mass is 19.1. The Morgan fingerprint density at radius 1 is 1.60 bits per heavy atom. The number of rotatable bonds is 4. The van der Waals surface area contributed by atoms with Gasteiger partial charge in [-0.05, 0) is 32.0 Å². The quantitative estimate of drug-likeness (QED) is 0.909. The van der Waals surface area contributed by atoms with Crippen LogP contribution in [0, 0.1) is 23.1 Å². The molecule has 0 aliphatic carbocycles. The van der Waals surface area contributed by atoms with Gasteiger partial charge in [-0.3, -0.25) is 4.79 Å². The van der Waals surface area contributed by atoms with Crippen LogP contribution in [0.15, 0.2) is 18.2 Å². The van der Waals surface area contributed by atoms with Gasteiger partial charge >= 0.3 is 0 Å². The van der Waals surface area contributed by atoms with Crippen LogP contribution < -0.4 is 5.32 Å². The summed E-state index contributed by atoms with van der Waals surface area (Å²) in [4.78, 5) is 14.0. The molecule has 1 N–H and O–H groups in total. The van der Waals surface area contributed by atoms with Gasteiger partial charge in [0.15, 0.2) is 0 Å². The number of hydrogen-bond acceptors (Lipinski definition) is 3. The zero-order valence-electron chi connectivity index (χ0n) is 11.5. The van der Waals surface area contributed by atoms with Crippen molar-refractivity contribution in [1.82, 2.24) is 10.2 Å². The Balaban J connectivity index is 2.10. The average Bonchev–Trinajstić information content (AvgIpc) is 2.99. The Bertz CT molecular complexity index is 532. The van der Waals surface area contributed by atoms with Crippen molar-refractivity contribution in [2.45, 2.75) is 19.9 Å². The lowest BCUT2D eigenvalue weighted by Gasteiger charge is -2.24. The van der Waals surface area contributed by atoms with Crippen molar-refractivity contribution in [2.24, 2.45) is 5.92 Å². The van der Waals surface area contributed by atoms with Crippen molar-refractivity contribution in [3.05, 3.63) is 35.1 Å².